The fraction of sp³-hybridized carbons (Fsp3) is 0.125. The lowest BCUT2D eigenvalue weighted by Crippen LogP contribution is -2.06. The van der Waals surface area contributed by atoms with Gasteiger partial charge in [-0.05, 0) is 18.6 Å². The maximum absolute atomic E-state index is 11.8. The molecule has 0 saturated carbocycles. The first kappa shape index (κ1) is 13.2. The number of pyridine rings is 1. The third-order valence-corrected chi connectivity index (χ3v) is 3.24. The van der Waals surface area contributed by atoms with Crippen molar-refractivity contribution >= 4 is 16.9 Å². The highest BCUT2D eigenvalue weighted by Crippen LogP contribution is 2.30. The van der Waals surface area contributed by atoms with Gasteiger partial charge in [-0.25, -0.2) is 9.78 Å². The molecule has 0 unspecified atom stereocenters. The zero-order chi connectivity index (χ0) is 14.8. The zero-order valence-corrected chi connectivity index (χ0v) is 11.5. The number of ether oxygens (including phenoxy) is 1. The van der Waals surface area contributed by atoms with Gasteiger partial charge in [0.1, 0.15) is 11.2 Å². The first-order valence-corrected chi connectivity index (χ1v) is 6.63. The number of esters is 1. The van der Waals surface area contributed by atoms with Crippen LogP contribution in [-0.2, 0) is 4.74 Å². The molecule has 0 radical (unpaired) electrons. The van der Waals surface area contributed by atoms with Gasteiger partial charge in [-0.1, -0.05) is 30.3 Å². The first-order chi connectivity index (χ1) is 10.2. The highest BCUT2D eigenvalue weighted by atomic mass is 16.5. The summed E-state index contributed by atoms with van der Waals surface area (Å²) in [6.45, 7) is 2.04. The van der Waals surface area contributed by atoms with E-state index in [0.717, 1.165) is 21.2 Å². The molecule has 0 fully saturated rings. The highest BCUT2D eigenvalue weighted by molar-refractivity contribution is 5.99. The van der Waals surface area contributed by atoms with Crippen LogP contribution in [0.4, 0.5) is 0 Å². The molecule has 3 rings (SSSR count). The summed E-state index contributed by atoms with van der Waals surface area (Å²) in [6, 6.07) is 11.3. The minimum atomic E-state index is -0.468. The van der Waals surface area contributed by atoms with Gasteiger partial charge in [0.15, 0.2) is 0 Å². The normalized spacial score (nSPS) is 10.7. The number of hydrogen-bond acceptors (Lipinski definition) is 4. The monoisotopic (exact) mass is 282 g/mol. The van der Waals surface area contributed by atoms with Crippen molar-refractivity contribution in [3.05, 3.63) is 54.5 Å². The largest absolute Gasteiger partial charge is 0.461 e. The van der Waals surface area contributed by atoms with Crippen molar-refractivity contribution in [1.29, 1.82) is 0 Å². The van der Waals surface area contributed by atoms with Crippen molar-refractivity contribution in [2.45, 2.75) is 6.92 Å². The topological polar surface area (TPSA) is 64.3 Å². The van der Waals surface area contributed by atoms with Crippen LogP contribution < -0.4 is 0 Å². The van der Waals surface area contributed by atoms with Gasteiger partial charge in [-0.15, -0.1) is 0 Å². The van der Waals surface area contributed by atoms with Crippen LogP contribution >= 0.6 is 0 Å². The van der Waals surface area contributed by atoms with Crippen LogP contribution in [0.15, 0.2) is 48.8 Å². The van der Waals surface area contributed by atoms with E-state index in [1.807, 2.05) is 30.3 Å². The fourth-order valence-electron chi connectivity index (χ4n) is 2.27. The van der Waals surface area contributed by atoms with E-state index in [2.05, 4.69) is 4.98 Å². The molecule has 0 amide bonds. The van der Waals surface area contributed by atoms with Gasteiger partial charge < -0.3 is 9.94 Å². The summed E-state index contributed by atoms with van der Waals surface area (Å²) in [4.78, 5) is 15.8. The highest BCUT2D eigenvalue weighted by Gasteiger charge is 2.15. The smallest absolute Gasteiger partial charge is 0.356 e. The Morgan fingerprint density at radius 2 is 2.10 bits per heavy atom. The standard InChI is InChI=1S/C16H14N2O3/c1-2-21-16(19)14-8-12-13(11-6-4-3-5-7-11)10-18(20)15(12)9-17-14/h3-10,20H,2H2,1H3. The number of fused-ring (bicyclic) bond motifs is 1. The van der Waals surface area contributed by atoms with Crippen molar-refractivity contribution in [3.63, 3.8) is 0 Å². The predicted molar refractivity (Wildman–Crippen MR) is 78.3 cm³/mol. The van der Waals surface area contributed by atoms with Gasteiger partial charge >= 0.3 is 5.97 Å². The molecule has 5 heteroatoms. The molecule has 3 aromatic rings. The number of carbonyl (C=O) groups excluding carboxylic acids is 1. The molecule has 0 aliphatic carbocycles. The Kier molecular flexibility index (Phi) is 3.31. The minimum absolute atomic E-state index is 0.229. The summed E-state index contributed by atoms with van der Waals surface area (Å²) in [7, 11) is 0. The van der Waals surface area contributed by atoms with Crippen LogP contribution in [0.2, 0.25) is 0 Å². The molecule has 0 saturated heterocycles. The molecule has 1 aromatic carbocycles. The third-order valence-electron chi connectivity index (χ3n) is 3.24. The SMILES string of the molecule is CCOC(=O)c1cc2c(-c3ccccc3)cn(O)c2cn1. The summed E-state index contributed by atoms with van der Waals surface area (Å²) in [6.07, 6.45) is 3.07. The van der Waals surface area contributed by atoms with Crippen LogP contribution in [0.25, 0.3) is 22.0 Å². The molecule has 5 nitrogen and oxygen atoms in total. The van der Waals surface area contributed by atoms with Crippen molar-refractivity contribution in [1.82, 2.24) is 9.71 Å². The van der Waals surface area contributed by atoms with Gasteiger partial charge in [-0.2, -0.15) is 4.73 Å². The van der Waals surface area contributed by atoms with Crippen LogP contribution in [-0.4, -0.2) is 27.5 Å². The first-order valence-electron chi connectivity index (χ1n) is 6.63. The Hall–Kier alpha value is -2.82. The van der Waals surface area contributed by atoms with Gasteiger partial charge in [-0.3, -0.25) is 0 Å². The minimum Gasteiger partial charge on any atom is -0.461 e. The molecular weight excluding hydrogens is 268 g/mol. The molecule has 2 aromatic heterocycles. The Bertz CT molecular complexity index is 794. The van der Waals surface area contributed by atoms with E-state index in [-0.39, 0.29) is 5.69 Å². The summed E-state index contributed by atoms with van der Waals surface area (Å²) in [5.74, 6) is -0.468. The molecule has 0 aliphatic rings. The maximum Gasteiger partial charge on any atom is 0.356 e. The molecule has 0 aliphatic heterocycles. The second-order valence-corrected chi connectivity index (χ2v) is 4.56. The van der Waals surface area contributed by atoms with E-state index < -0.39 is 5.97 Å². The van der Waals surface area contributed by atoms with E-state index in [1.165, 1.54) is 6.20 Å². The summed E-state index contributed by atoms with van der Waals surface area (Å²) >= 11 is 0. The van der Waals surface area contributed by atoms with Gasteiger partial charge in [0.2, 0.25) is 0 Å². The van der Waals surface area contributed by atoms with Crippen molar-refractivity contribution in [2.75, 3.05) is 6.61 Å². The quantitative estimate of drug-likeness (QED) is 0.592. The molecule has 0 spiro atoms. The van der Waals surface area contributed by atoms with E-state index in [4.69, 9.17) is 4.74 Å². The maximum atomic E-state index is 11.8. The second kappa shape index (κ2) is 5.28. The average Bonchev–Trinajstić information content (AvgIpc) is 2.85. The van der Waals surface area contributed by atoms with Gasteiger partial charge in [0.05, 0.1) is 19.0 Å². The van der Waals surface area contributed by atoms with Crippen molar-refractivity contribution in [3.8, 4) is 11.1 Å². The number of carbonyl (C=O) groups is 1. The molecule has 0 bridgehead atoms. The lowest BCUT2D eigenvalue weighted by Gasteiger charge is -2.02. The van der Waals surface area contributed by atoms with E-state index >= 15 is 0 Å². The molecule has 1 N–H and O–H groups in total. The van der Waals surface area contributed by atoms with Crippen LogP contribution in [0.5, 0.6) is 0 Å². The number of aromatic nitrogens is 2. The van der Waals surface area contributed by atoms with Gasteiger partial charge in [0, 0.05) is 10.9 Å². The Morgan fingerprint density at radius 3 is 2.81 bits per heavy atom. The lowest BCUT2D eigenvalue weighted by molar-refractivity contribution is 0.0519. The Morgan fingerprint density at radius 1 is 1.33 bits per heavy atom. The zero-order valence-electron chi connectivity index (χ0n) is 11.5. The fourth-order valence-corrected chi connectivity index (χ4v) is 2.27. The molecule has 2 heterocycles. The average molecular weight is 282 g/mol. The molecule has 106 valence electrons. The van der Waals surface area contributed by atoms with Crippen molar-refractivity contribution in [2.24, 2.45) is 0 Å². The third kappa shape index (κ3) is 2.33. The van der Waals surface area contributed by atoms with E-state index in [9.17, 15) is 10.0 Å². The Labute approximate surface area is 121 Å². The van der Waals surface area contributed by atoms with E-state index in [1.54, 1.807) is 19.2 Å². The lowest BCUT2D eigenvalue weighted by atomic mass is 10.1. The summed E-state index contributed by atoms with van der Waals surface area (Å²) in [5, 5.41) is 10.7. The molecule has 0 atom stereocenters. The number of hydrogen-bond donors (Lipinski definition) is 1. The van der Waals surface area contributed by atoms with Crippen LogP contribution in [0.3, 0.4) is 0 Å². The molecular formula is C16H14N2O3. The summed E-state index contributed by atoms with van der Waals surface area (Å²) in [5.41, 5.74) is 2.56. The Balaban J connectivity index is 2.17. The second-order valence-electron chi connectivity index (χ2n) is 4.56. The van der Waals surface area contributed by atoms with Gasteiger partial charge in [0.25, 0.3) is 0 Å². The number of rotatable bonds is 3. The van der Waals surface area contributed by atoms with Crippen molar-refractivity contribution < 1.29 is 14.7 Å². The number of benzene rings is 1. The summed E-state index contributed by atoms with van der Waals surface area (Å²) < 4.78 is 5.97. The molecule has 21 heavy (non-hydrogen) atoms. The van der Waals surface area contributed by atoms with Crippen LogP contribution in [0, 0.1) is 0 Å². The number of nitrogens with zero attached hydrogens (tertiary/aromatic N) is 2. The van der Waals surface area contributed by atoms with E-state index in [0.29, 0.717) is 12.1 Å². The predicted octanol–water partition coefficient (Wildman–Crippen LogP) is 3.12. The van der Waals surface area contributed by atoms with Crippen LogP contribution in [0.1, 0.15) is 17.4 Å².